The Balaban J connectivity index is 0.00000288. The van der Waals surface area contributed by atoms with E-state index in [1.165, 1.54) is 40.0 Å². The Kier molecular flexibility index (Phi) is 13.4. The molecule has 46 heavy (non-hydrogen) atoms. The van der Waals surface area contributed by atoms with Crippen molar-refractivity contribution in [2.24, 2.45) is 5.73 Å². The number of hydrogen-bond donors (Lipinski definition) is 8. The minimum absolute atomic E-state index is 0. The van der Waals surface area contributed by atoms with E-state index in [1.54, 1.807) is 0 Å². The first kappa shape index (κ1) is 39.4. The van der Waals surface area contributed by atoms with Crippen LogP contribution in [0.5, 0.6) is 0 Å². The van der Waals surface area contributed by atoms with E-state index >= 15 is 0 Å². The van der Waals surface area contributed by atoms with Gasteiger partial charge in [0.05, 0.1) is 19.5 Å². The van der Waals surface area contributed by atoms with Gasteiger partial charge in [-0.15, -0.1) is 0 Å². The van der Waals surface area contributed by atoms with Crippen LogP contribution >= 0.6 is 15.6 Å². The second-order valence-electron chi connectivity index (χ2n) is 9.69. The number of fused-ring (bicyclic) bond motifs is 1. The third kappa shape index (κ3) is 8.58. The van der Waals surface area contributed by atoms with Gasteiger partial charge < -0.3 is 51.2 Å². The molecule has 2 fully saturated rings. The fraction of sp³-hybridized carbons (Fsp3) is 0.476. The number of aliphatic hydroxyl groups is 4. The van der Waals surface area contributed by atoms with Crippen LogP contribution in [0.15, 0.2) is 37.2 Å². The summed E-state index contributed by atoms with van der Waals surface area (Å²) in [6, 6.07) is 2.83. The number of nitrogens with two attached hydrogens (primary N) is 2. The van der Waals surface area contributed by atoms with Crippen molar-refractivity contribution in [1.82, 2.24) is 19.5 Å². The number of pyridine rings is 1. The first-order valence-electron chi connectivity index (χ1n) is 12.6. The number of nitrogen functional groups attached to an aromatic ring is 1. The van der Waals surface area contributed by atoms with Crippen LogP contribution in [0.3, 0.4) is 0 Å². The molecule has 10 N–H and O–H groups in total. The van der Waals surface area contributed by atoms with Crippen molar-refractivity contribution in [1.29, 1.82) is 0 Å². The number of carbonyl (C=O) groups excluding carboxylic acids is 1. The summed E-state index contributed by atoms with van der Waals surface area (Å²) in [7, 11) is -10.7. The number of imidazole rings is 1. The zero-order valence-corrected chi connectivity index (χ0v) is 24.0. The van der Waals surface area contributed by atoms with E-state index in [0.717, 1.165) is 6.33 Å². The number of carbonyl (C=O) groups is 1. The standard InChI is InChI=1S/C21H27N7O14P2.2Na.2H/c22-17-12-19(25-7-24-17)28(8-26-12)21-16(32)14(30)11(41-21)6-39-44(36,37)42-43(34,35)38-5-10-13(29)15(31)20(40-10)27-3-1-2-9(4-27)18(23)33;;;;/h1-4,7-8,10-11,13-16,20-21,29-32H,5-6H2,(H5-,22,23,24,25,33,34,35,36,37);;;;/p+1/t10-,11-,13-,14-,15-,16-,20-,21-;;;;/m1..../s1. The molecule has 3 aromatic rings. The van der Waals surface area contributed by atoms with Gasteiger partial charge in [0.2, 0.25) is 0 Å². The molecular formula is C21H30N7Na2O14P2+. The number of phosphoric ester groups is 2. The molecule has 1 amide bonds. The molecule has 2 aliphatic heterocycles. The normalized spacial score (nSPS) is 30.2. The summed E-state index contributed by atoms with van der Waals surface area (Å²) in [6.45, 7) is -1.80. The molecule has 10 atom stereocenters. The predicted octanol–water partition coefficient (Wildman–Crippen LogP) is -4.31. The molecule has 0 aliphatic carbocycles. The van der Waals surface area contributed by atoms with E-state index in [1.807, 2.05) is 0 Å². The van der Waals surface area contributed by atoms with Crippen LogP contribution in [0, 0.1) is 0 Å². The Morgan fingerprint density at radius 3 is 2.20 bits per heavy atom. The van der Waals surface area contributed by atoms with Crippen molar-refractivity contribution in [3.63, 3.8) is 0 Å². The second-order valence-corrected chi connectivity index (χ2v) is 12.7. The summed E-state index contributed by atoms with van der Waals surface area (Å²) < 4.78 is 52.0. The van der Waals surface area contributed by atoms with Gasteiger partial charge in [-0.2, -0.15) is 8.88 Å². The molecule has 5 heterocycles. The maximum absolute atomic E-state index is 12.4. The zero-order chi connectivity index (χ0) is 32.0. The summed E-state index contributed by atoms with van der Waals surface area (Å²) in [6.07, 6.45) is -6.85. The summed E-state index contributed by atoms with van der Waals surface area (Å²) in [4.78, 5) is 43.3. The zero-order valence-electron chi connectivity index (χ0n) is 22.2. The molecule has 5 rings (SSSR count). The van der Waals surface area contributed by atoms with Crippen molar-refractivity contribution in [3.05, 3.63) is 42.7 Å². The van der Waals surface area contributed by atoms with E-state index in [2.05, 4.69) is 23.8 Å². The molecule has 2 aliphatic rings. The molecule has 25 heteroatoms. The molecule has 0 radical (unpaired) electrons. The maximum atomic E-state index is 12.4. The Morgan fingerprint density at radius 2 is 1.57 bits per heavy atom. The number of phosphoric acid groups is 2. The van der Waals surface area contributed by atoms with Crippen molar-refractivity contribution in [2.75, 3.05) is 18.9 Å². The molecule has 0 bridgehead atoms. The fourth-order valence-electron chi connectivity index (χ4n) is 4.58. The summed E-state index contributed by atoms with van der Waals surface area (Å²) in [5, 5.41) is 41.6. The quantitative estimate of drug-likeness (QED) is 0.0529. The van der Waals surface area contributed by atoms with Crippen molar-refractivity contribution in [3.8, 4) is 0 Å². The van der Waals surface area contributed by atoms with Gasteiger partial charge >= 0.3 is 74.8 Å². The third-order valence-electron chi connectivity index (χ3n) is 6.75. The molecule has 244 valence electrons. The van der Waals surface area contributed by atoms with Crippen molar-refractivity contribution >= 4 is 97.6 Å². The minimum atomic E-state index is -5.37. The Morgan fingerprint density at radius 1 is 0.957 bits per heavy atom. The van der Waals surface area contributed by atoms with Gasteiger partial charge in [0.15, 0.2) is 36.2 Å². The molecule has 2 unspecified atom stereocenters. The SMILES string of the molecule is NC(=O)c1ccc[n+]([C@@H]2O[C@H](COP(=O)(O)OP(=O)(O)OC[C@H]3O[C@@H](n4cnc5c(N)ncnc54)[C@H](O)[C@@H]3O)[C@@H](O)[C@H]2O)c1.[NaH].[NaH]. The molecule has 0 spiro atoms. The monoisotopic (exact) mass is 712 g/mol. The first-order chi connectivity index (χ1) is 20.7. The number of rotatable bonds is 11. The summed E-state index contributed by atoms with van der Waals surface area (Å²) >= 11 is 0. The van der Waals surface area contributed by atoms with Crippen LogP contribution in [0.25, 0.3) is 11.2 Å². The molecule has 21 nitrogen and oxygen atoms in total. The van der Waals surface area contributed by atoms with Crippen LogP contribution in [-0.2, 0) is 32.0 Å². The Bertz CT molecular complexity index is 1640. The van der Waals surface area contributed by atoms with Gasteiger partial charge in [0.25, 0.3) is 12.1 Å². The van der Waals surface area contributed by atoms with Gasteiger partial charge in [-0.25, -0.2) is 24.1 Å². The van der Waals surface area contributed by atoms with Gasteiger partial charge in [-0.1, -0.05) is 0 Å². The third-order valence-corrected chi connectivity index (χ3v) is 9.35. The van der Waals surface area contributed by atoms with Crippen LogP contribution < -0.4 is 16.0 Å². The van der Waals surface area contributed by atoms with Gasteiger partial charge in [0, 0.05) is 6.07 Å². The van der Waals surface area contributed by atoms with E-state index in [-0.39, 0.29) is 81.7 Å². The van der Waals surface area contributed by atoms with Crippen LogP contribution in [0.4, 0.5) is 5.82 Å². The van der Waals surface area contributed by atoms with Crippen molar-refractivity contribution in [2.45, 2.75) is 49.1 Å². The van der Waals surface area contributed by atoms with Crippen molar-refractivity contribution < 1.29 is 71.5 Å². The summed E-state index contributed by atoms with van der Waals surface area (Å²) in [5.74, 6) is -0.714. The van der Waals surface area contributed by atoms with E-state index in [4.69, 9.17) is 25.5 Å². The summed E-state index contributed by atoms with van der Waals surface area (Å²) in [5.41, 5.74) is 11.4. The number of amides is 1. The number of nitrogens with zero attached hydrogens (tertiary/aromatic N) is 5. The van der Waals surface area contributed by atoms with Gasteiger partial charge in [-0.05, 0) is 6.07 Å². The number of aliphatic hydroxyl groups excluding tert-OH is 4. The second kappa shape index (κ2) is 15.7. The molecule has 0 aromatic carbocycles. The van der Waals surface area contributed by atoms with E-state index in [0.29, 0.717) is 0 Å². The average molecular weight is 712 g/mol. The van der Waals surface area contributed by atoms with Crippen LogP contribution in [-0.4, -0.2) is 165 Å². The molecular weight excluding hydrogens is 682 g/mol. The molecule has 2 saturated heterocycles. The van der Waals surface area contributed by atoms with Gasteiger partial charge in [-0.3, -0.25) is 18.4 Å². The Hall–Kier alpha value is -1.01. The number of aromatic nitrogens is 5. The predicted molar refractivity (Wildman–Crippen MR) is 154 cm³/mol. The van der Waals surface area contributed by atoms with Crippen LogP contribution in [0.1, 0.15) is 22.8 Å². The van der Waals surface area contributed by atoms with Gasteiger partial charge in [0.1, 0.15) is 47.9 Å². The molecule has 3 aromatic heterocycles. The molecule has 0 saturated carbocycles. The topological polar surface area (TPSA) is 318 Å². The number of primary amides is 1. The number of ether oxygens (including phenoxy) is 2. The first-order valence-corrected chi connectivity index (χ1v) is 15.6. The van der Waals surface area contributed by atoms with E-state index < -0.39 is 83.8 Å². The fourth-order valence-corrected chi connectivity index (χ4v) is 6.67. The van der Waals surface area contributed by atoms with E-state index in [9.17, 15) is 44.1 Å². The number of anilines is 1. The Labute approximate surface area is 303 Å². The number of hydrogen-bond acceptors (Lipinski definition) is 16. The van der Waals surface area contributed by atoms with Crippen LogP contribution in [0.2, 0.25) is 0 Å². The average Bonchev–Trinajstić information content (AvgIpc) is 3.61.